The highest BCUT2D eigenvalue weighted by molar-refractivity contribution is 5.75. The Morgan fingerprint density at radius 2 is 1.94 bits per heavy atom. The number of hydrogen-bond acceptors (Lipinski definition) is 2. The summed E-state index contributed by atoms with van der Waals surface area (Å²) in [4.78, 5) is 11.7. The lowest BCUT2D eigenvalue weighted by atomic mass is 9.81. The van der Waals surface area contributed by atoms with Gasteiger partial charge in [0.15, 0.2) is 0 Å². The van der Waals surface area contributed by atoms with Crippen molar-refractivity contribution < 1.29 is 4.79 Å². The van der Waals surface area contributed by atoms with E-state index >= 15 is 0 Å². The number of carbonyl (C=O) groups is 1. The molecular weight excluding hydrogens is 212 g/mol. The Kier molecular flexibility index (Phi) is 6.56. The molecule has 1 aliphatic heterocycles. The minimum atomic E-state index is 0.237. The molecule has 0 unspecified atom stereocenters. The Balaban J connectivity index is 2.10. The van der Waals surface area contributed by atoms with Gasteiger partial charge in [0.2, 0.25) is 5.91 Å². The van der Waals surface area contributed by atoms with Crippen LogP contribution in [0.25, 0.3) is 0 Å². The van der Waals surface area contributed by atoms with Crippen molar-refractivity contribution >= 4 is 5.91 Å². The van der Waals surface area contributed by atoms with Gasteiger partial charge in [-0.05, 0) is 37.8 Å². The predicted molar refractivity (Wildman–Crippen MR) is 72.0 cm³/mol. The summed E-state index contributed by atoms with van der Waals surface area (Å²) in [7, 11) is 0. The molecule has 0 saturated carbocycles. The van der Waals surface area contributed by atoms with Gasteiger partial charge in [-0.1, -0.05) is 33.1 Å². The summed E-state index contributed by atoms with van der Waals surface area (Å²) < 4.78 is 0. The monoisotopic (exact) mass is 240 g/mol. The molecule has 17 heavy (non-hydrogen) atoms. The van der Waals surface area contributed by atoms with Crippen molar-refractivity contribution in [1.82, 2.24) is 10.6 Å². The molecule has 0 aromatic carbocycles. The van der Waals surface area contributed by atoms with Crippen LogP contribution in [0.4, 0.5) is 0 Å². The first-order chi connectivity index (χ1) is 8.16. The van der Waals surface area contributed by atoms with Crippen LogP contribution in [0.5, 0.6) is 0 Å². The van der Waals surface area contributed by atoms with E-state index in [2.05, 4.69) is 24.5 Å². The van der Waals surface area contributed by atoms with Gasteiger partial charge in [-0.15, -0.1) is 0 Å². The standard InChI is InChI=1S/C14H28N2O/c1-3-4-5-6-7-13(17)16-12-14(2)8-10-15-11-9-14/h15H,3-12H2,1-2H3,(H,16,17). The molecule has 3 nitrogen and oxygen atoms in total. The van der Waals surface area contributed by atoms with Gasteiger partial charge >= 0.3 is 0 Å². The summed E-state index contributed by atoms with van der Waals surface area (Å²) in [6.45, 7) is 7.50. The zero-order valence-electron chi connectivity index (χ0n) is 11.5. The van der Waals surface area contributed by atoms with Gasteiger partial charge in [0.05, 0.1) is 0 Å². The van der Waals surface area contributed by atoms with E-state index in [4.69, 9.17) is 0 Å². The second kappa shape index (κ2) is 7.70. The van der Waals surface area contributed by atoms with Gasteiger partial charge in [0, 0.05) is 13.0 Å². The van der Waals surface area contributed by atoms with Crippen LogP contribution in [0.15, 0.2) is 0 Å². The van der Waals surface area contributed by atoms with E-state index in [1.807, 2.05) is 0 Å². The second-order valence-electron chi connectivity index (χ2n) is 5.65. The molecule has 100 valence electrons. The Hall–Kier alpha value is -0.570. The summed E-state index contributed by atoms with van der Waals surface area (Å²) in [6.07, 6.45) is 7.74. The highest BCUT2D eigenvalue weighted by atomic mass is 16.1. The molecule has 0 aromatic heterocycles. The van der Waals surface area contributed by atoms with E-state index in [1.165, 1.54) is 32.1 Å². The third kappa shape index (κ3) is 6.06. The molecular formula is C14H28N2O. The fraction of sp³-hybridized carbons (Fsp3) is 0.929. The maximum Gasteiger partial charge on any atom is 0.220 e. The van der Waals surface area contributed by atoms with Crippen molar-refractivity contribution in [3.05, 3.63) is 0 Å². The van der Waals surface area contributed by atoms with E-state index in [-0.39, 0.29) is 5.91 Å². The van der Waals surface area contributed by atoms with Gasteiger partial charge < -0.3 is 10.6 Å². The van der Waals surface area contributed by atoms with Crippen LogP contribution >= 0.6 is 0 Å². The SMILES string of the molecule is CCCCCCC(=O)NCC1(C)CCNCC1. The van der Waals surface area contributed by atoms with Gasteiger partial charge in [-0.25, -0.2) is 0 Å². The Morgan fingerprint density at radius 3 is 2.59 bits per heavy atom. The lowest BCUT2D eigenvalue weighted by Crippen LogP contribution is -2.42. The quantitative estimate of drug-likeness (QED) is 0.671. The van der Waals surface area contributed by atoms with E-state index < -0.39 is 0 Å². The molecule has 1 saturated heterocycles. The van der Waals surface area contributed by atoms with E-state index in [0.29, 0.717) is 11.8 Å². The molecule has 1 fully saturated rings. The van der Waals surface area contributed by atoms with Crippen molar-refractivity contribution in [3.8, 4) is 0 Å². The maximum absolute atomic E-state index is 11.7. The summed E-state index contributed by atoms with van der Waals surface area (Å²) >= 11 is 0. The van der Waals surface area contributed by atoms with Gasteiger partial charge in [0.1, 0.15) is 0 Å². The number of rotatable bonds is 7. The summed E-state index contributed by atoms with van der Waals surface area (Å²) in [5.74, 6) is 0.237. The highest BCUT2D eigenvalue weighted by Crippen LogP contribution is 2.26. The summed E-state index contributed by atoms with van der Waals surface area (Å²) in [5, 5.41) is 6.47. The molecule has 1 rings (SSSR count). The number of piperidine rings is 1. The first kappa shape index (κ1) is 14.5. The van der Waals surface area contributed by atoms with Crippen molar-refractivity contribution in [2.24, 2.45) is 5.41 Å². The van der Waals surface area contributed by atoms with Crippen LogP contribution in [-0.4, -0.2) is 25.5 Å². The Morgan fingerprint density at radius 1 is 1.24 bits per heavy atom. The number of amides is 1. The largest absolute Gasteiger partial charge is 0.356 e. The van der Waals surface area contributed by atoms with Gasteiger partial charge in [-0.2, -0.15) is 0 Å². The van der Waals surface area contributed by atoms with E-state index in [0.717, 1.165) is 26.1 Å². The summed E-state index contributed by atoms with van der Waals surface area (Å²) in [5.41, 5.74) is 0.310. The number of unbranched alkanes of at least 4 members (excludes halogenated alkanes) is 3. The van der Waals surface area contributed by atoms with Crippen molar-refractivity contribution in [3.63, 3.8) is 0 Å². The third-order valence-corrected chi connectivity index (χ3v) is 3.78. The van der Waals surface area contributed by atoms with Crippen molar-refractivity contribution in [2.75, 3.05) is 19.6 Å². The molecule has 3 heteroatoms. The van der Waals surface area contributed by atoms with Gasteiger partial charge in [-0.3, -0.25) is 4.79 Å². The lowest BCUT2D eigenvalue weighted by molar-refractivity contribution is -0.121. The molecule has 0 atom stereocenters. The third-order valence-electron chi connectivity index (χ3n) is 3.78. The molecule has 0 bridgehead atoms. The zero-order valence-corrected chi connectivity index (χ0v) is 11.5. The van der Waals surface area contributed by atoms with Crippen LogP contribution in [0.1, 0.15) is 58.8 Å². The van der Waals surface area contributed by atoms with Crippen LogP contribution in [0, 0.1) is 5.41 Å². The van der Waals surface area contributed by atoms with Crippen LogP contribution in [0.2, 0.25) is 0 Å². The average molecular weight is 240 g/mol. The minimum Gasteiger partial charge on any atom is -0.356 e. The van der Waals surface area contributed by atoms with Gasteiger partial charge in [0.25, 0.3) is 0 Å². The molecule has 0 spiro atoms. The molecule has 2 N–H and O–H groups in total. The van der Waals surface area contributed by atoms with Crippen molar-refractivity contribution in [2.45, 2.75) is 58.8 Å². The fourth-order valence-electron chi connectivity index (χ4n) is 2.32. The first-order valence-electron chi connectivity index (χ1n) is 7.14. The topological polar surface area (TPSA) is 41.1 Å². The van der Waals surface area contributed by atoms with Crippen LogP contribution in [0.3, 0.4) is 0 Å². The molecule has 1 heterocycles. The predicted octanol–water partition coefficient (Wildman–Crippen LogP) is 2.46. The molecule has 1 aliphatic rings. The first-order valence-corrected chi connectivity index (χ1v) is 7.14. The molecule has 0 aromatic rings. The molecule has 0 radical (unpaired) electrons. The fourth-order valence-corrected chi connectivity index (χ4v) is 2.32. The normalized spacial score (nSPS) is 18.9. The zero-order chi connectivity index (χ0) is 12.6. The smallest absolute Gasteiger partial charge is 0.220 e. The maximum atomic E-state index is 11.7. The van der Waals surface area contributed by atoms with Crippen LogP contribution < -0.4 is 10.6 Å². The van der Waals surface area contributed by atoms with Crippen LogP contribution in [-0.2, 0) is 4.79 Å². The number of hydrogen-bond donors (Lipinski definition) is 2. The summed E-state index contributed by atoms with van der Waals surface area (Å²) in [6, 6.07) is 0. The number of carbonyl (C=O) groups excluding carboxylic acids is 1. The number of nitrogens with one attached hydrogen (secondary N) is 2. The second-order valence-corrected chi connectivity index (χ2v) is 5.65. The Bertz CT molecular complexity index is 222. The lowest BCUT2D eigenvalue weighted by Gasteiger charge is -2.34. The van der Waals surface area contributed by atoms with E-state index in [1.54, 1.807) is 0 Å². The van der Waals surface area contributed by atoms with Crippen molar-refractivity contribution in [1.29, 1.82) is 0 Å². The molecule has 0 aliphatic carbocycles. The highest BCUT2D eigenvalue weighted by Gasteiger charge is 2.26. The Labute approximate surface area is 106 Å². The van der Waals surface area contributed by atoms with E-state index in [9.17, 15) is 4.79 Å². The average Bonchev–Trinajstić information content (AvgIpc) is 2.33. The minimum absolute atomic E-state index is 0.237. The molecule has 1 amide bonds.